The SMILES string of the molecule is CCN(CC)c1ccc(C2SCC(=O)N2Cc2cccnc2)cc1. The maximum absolute atomic E-state index is 12.3. The monoisotopic (exact) mass is 341 g/mol. The summed E-state index contributed by atoms with van der Waals surface area (Å²) in [6, 6.07) is 12.6. The van der Waals surface area contributed by atoms with E-state index in [2.05, 4.69) is 48.0 Å². The van der Waals surface area contributed by atoms with Crippen LogP contribution in [0.4, 0.5) is 5.69 Å². The van der Waals surface area contributed by atoms with Gasteiger partial charge in [0.05, 0.1) is 5.75 Å². The number of pyridine rings is 1. The topological polar surface area (TPSA) is 36.4 Å². The lowest BCUT2D eigenvalue weighted by atomic mass is 10.1. The molecular weight excluding hydrogens is 318 g/mol. The molecule has 0 aliphatic carbocycles. The first-order valence-corrected chi connectivity index (χ1v) is 9.42. The van der Waals surface area contributed by atoms with E-state index in [4.69, 9.17) is 0 Å². The molecule has 5 heteroatoms. The minimum Gasteiger partial charge on any atom is -0.372 e. The molecule has 1 fully saturated rings. The second-order valence-corrected chi connectivity index (χ2v) is 6.88. The van der Waals surface area contributed by atoms with E-state index in [1.54, 1.807) is 18.0 Å². The van der Waals surface area contributed by atoms with Crippen molar-refractivity contribution in [2.45, 2.75) is 25.8 Å². The van der Waals surface area contributed by atoms with Crippen molar-refractivity contribution >= 4 is 23.4 Å². The third kappa shape index (κ3) is 3.56. The van der Waals surface area contributed by atoms with E-state index in [1.807, 2.05) is 23.2 Å². The predicted octanol–water partition coefficient (Wildman–Crippen LogP) is 3.70. The highest BCUT2D eigenvalue weighted by molar-refractivity contribution is 8.00. The van der Waals surface area contributed by atoms with Gasteiger partial charge < -0.3 is 9.80 Å². The number of aromatic nitrogens is 1. The highest BCUT2D eigenvalue weighted by atomic mass is 32.2. The molecule has 1 atom stereocenters. The lowest BCUT2D eigenvalue weighted by Gasteiger charge is -2.25. The Bertz CT molecular complexity index is 671. The summed E-state index contributed by atoms with van der Waals surface area (Å²) in [6.07, 6.45) is 3.59. The summed E-state index contributed by atoms with van der Waals surface area (Å²) < 4.78 is 0. The average Bonchev–Trinajstić information content (AvgIpc) is 2.98. The van der Waals surface area contributed by atoms with E-state index in [1.165, 1.54) is 11.3 Å². The molecule has 1 saturated heterocycles. The number of anilines is 1. The fourth-order valence-electron chi connectivity index (χ4n) is 3.03. The quantitative estimate of drug-likeness (QED) is 0.803. The molecule has 1 aliphatic rings. The zero-order chi connectivity index (χ0) is 16.9. The highest BCUT2D eigenvalue weighted by Gasteiger charge is 2.32. The molecule has 0 radical (unpaired) electrons. The number of rotatable bonds is 6. The van der Waals surface area contributed by atoms with Crippen molar-refractivity contribution in [2.24, 2.45) is 0 Å². The summed E-state index contributed by atoms with van der Waals surface area (Å²) in [5.74, 6) is 0.740. The molecule has 0 saturated carbocycles. The third-order valence-electron chi connectivity index (χ3n) is 4.35. The van der Waals surface area contributed by atoms with Gasteiger partial charge in [0, 0.05) is 37.7 Å². The Morgan fingerprint density at radius 2 is 1.96 bits per heavy atom. The second-order valence-electron chi connectivity index (χ2n) is 5.81. The van der Waals surface area contributed by atoms with Gasteiger partial charge in [0.1, 0.15) is 5.37 Å². The van der Waals surface area contributed by atoms with Crippen molar-refractivity contribution in [1.29, 1.82) is 0 Å². The van der Waals surface area contributed by atoms with Crippen molar-refractivity contribution in [1.82, 2.24) is 9.88 Å². The van der Waals surface area contributed by atoms with Crippen LogP contribution in [0.3, 0.4) is 0 Å². The zero-order valence-corrected chi connectivity index (χ0v) is 15.0. The van der Waals surface area contributed by atoms with Gasteiger partial charge in [0.15, 0.2) is 0 Å². The first-order chi connectivity index (χ1) is 11.7. The van der Waals surface area contributed by atoms with E-state index in [9.17, 15) is 4.79 Å². The molecule has 0 bridgehead atoms. The fourth-order valence-corrected chi connectivity index (χ4v) is 4.22. The number of nitrogens with zero attached hydrogens (tertiary/aromatic N) is 3. The number of hydrogen-bond donors (Lipinski definition) is 0. The van der Waals surface area contributed by atoms with Gasteiger partial charge in [-0.05, 0) is 43.2 Å². The van der Waals surface area contributed by atoms with E-state index < -0.39 is 0 Å². The Morgan fingerprint density at radius 3 is 2.58 bits per heavy atom. The average molecular weight is 341 g/mol. The highest BCUT2D eigenvalue weighted by Crippen LogP contribution is 2.39. The summed E-state index contributed by atoms with van der Waals surface area (Å²) in [4.78, 5) is 20.7. The molecule has 1 aromatic carbocycles. The Kier molecular flexibility index (Phi) is 5.41. The fraction of sp³-hybridized carbons (Fsp3) is 0.368. The maximum Gasteiger partial charge on any atom is 0.234 e. The number of amides is 1. The van der Waals surface area contributed by atoms with Gasteiger partial charge in [-0.2, -0.15) is 0 Å². The van der Waals surface area contributed by atoms with E-state index in [-0.39, 0.29) is 11.3 Å². The van der Waals surface area contributed by atoms with Crippen molar-refractivity contribution in [2.75, 3.05) is 23.7 Å². The van der Waals surface area contributed by atoms with Crippen LogP contribution in [0.15, 0.2) is 48.8 Å². The molecule has 0 spiro atoms. The molecule has 4 nitrogen and oxygen atoms in total. The van der Waals surface area contributed by atoms with Gasteiger partial charge in [-0.25, -0.2) is 0 Å². The van der Waals surface area contributed by atoms with E-state index in [0.717, 1.165) is 18.7 Å². The first-order valence-electron chi connectivity index (χ1n) is 8.37. The standard InChI is InChI=1S/C19H23N3OS/c1-3-21(4-2)17-9-7-16(8-10-17)19-22(18(23)14-24-19)13-15-6-5-11-20-12-15/h5-12,19H,3-4,13-14H2,1-2H3. The molecule has 1 unspecified atom stereocenters. The van der Waals surface area contributed by atoms with Gasteiger partial charge in [-0.3, -0.25) is 9.78 Å². The molecule has 0 N–H and O–H groups in total. The molecule has 2 aromatic rings. The minimum atomic E-state index is 0.0865. The van der Waals surface area contributed by atoms with Crippen LogP contribution in [0.1, 0.15) is 30.3 Å². The number of hydrogen-bond acceptors (Lipinski definition) is 4. The number of thioether (sulfide) groups is 1. The minimum absolute atomic E-state index is 0.0865. The first kappa shape index (κ1) is 16.8. The predicted molar refractivity (Wildman–Crippen MR) is 100.0 cm³/mol. The molecular formula is C19H23N3OS. The molecule has 1 aromatic heterocycles. The van der Waals surface area contributed by atoms with Crippen molar-refractivity contribution in [3.63, 3.8) is 0 Å². The van der Waals surface area contributed by atoms with Crippen molar-refractivity contribution < 1.29 is 4.79 Å². The zero-order valence-electron chi connectivity index (χ0n) is 14.2. The van der Waals surface area contributed by atoms with E-state index in [0.29, 0.717) is 12.3 Å². The van der Waals surface area contributed by atoms with Gasteiger partial charge in [0.2, 0.25) is 5.91 Å². The van der Waals surface area contributed by atoms with Crippen LogP contribution in [0.2, 0.25) is 0 Å². The molecule has 126 valence electrons. The number of carbonyl (C=O) groups excluding carboxylic acids is 1. The third-order valence-corrected chi connectivity index (χ3v) is 5.61. The smallest absolute Gasteiger partial charge is 0.234 e. The molecule has 24 heavy (non-hydrogen) atoms. The lowest BCUT2D eigenvalue weighted by molar-refractivity contribution is -0.128. The van der Waals surface area contributed by atoms with Crippen LogP contribution in [-0.4, -0.2) is 34.6 Å². The Hall–Kier alpha value is -2.01. The molecule has 1 amide bonds. The Labute approximate surface area is 147 Å². The number of carbonyl (C=O) groups is 1. The Balaban J connectivity index is 1.78. The largest absolute Gasteiger partial charge is 0.372 e. The summed E-state index contributed by atoms with van der Waals surface area (Å²) >= 11 is 1.70. The summed E-state index contributed by atoms with van der Waals surface area (Å²) in [5, 5.41) is 0.0865. The van der Waals surface area contributed by atoms with Gasteiger partial charge >= 0.3 is 0 Å². The van der Waals surface area contributed by atoms with Crippen LogP contribution in [0, 0.1) is 0 Å². The van der Waals surface area contributed by atoms with Crippen LogP contribution < -0.4 is 4.90 Å². The molecule has 3 rings (SSSR count). The molecule has 2 heterocycles. The van der Waals surface area contributed by atoms with Gasteiger partial charge in [0.25, 0.3) is 0 Å². The maximum atomic E-state index is 12.3. The van der Waals surface area contributed by atoms with Gasteiger partial charge in [-0.15, -0.1) is 11.8 Å². The Morgan fingerprint density at radius 1 is 1.21 bits per heavy atom. The van der Waals surface area contributed by atoms with E-state index >= 15 is 0 Å². The summed E-state index contributed by atoms with van der Waals surface area (Å²) in [6.45, 7) is 6.94. The number of benzene rings is 1. The van der Waals surface area contributed by atoms with Crippen LogP contribution in [0.5, 0.6) is 0 Å². The summed E-state index contributed by atoms with van der Waals surface area (Å²) in [7, 11) is 0. The lowest BCUT2D eigenvalue weighted by Crippen LogP contribution is -2.27. The van der Waals surface area contributed by atoms with Crippen LogP contribution in [0.25, 0.3) is 0 Å². The van der Waals surface area contributed by atoms with Crippen molar-refractivity contribution in [3.8, 4) is 0 Å². The van der Waals surface area contributed by atoms with Crippen molar-refractivity contribution in [3.05, 3.63) is 59.9 Å². The van der Waals surface area contributed by atoms with Gasteiger partial charge in [-0.1, -0.05) is 18.2 Å². The van der Waals surface area contributed by atoms with Crippen LogP contribution >= 0.6 is 11.8 Å². The summed E-state index contributed by atoms with van der Waals surface area (Å²) in [5.41, 5.74) is 3.49. The molecule has 1 aliphatic heterocycles. The second kappa shape index (κ2) is 7.71. The van der Waals surface area contributed by atoms with Crippen LogP contribution in [-0.2, 0) is 11.3 Å². The normalized spacial score (nSPS) is 17.3.